The Kier molecular flexibility index (Phi) is 6.71. The van der Waals surface area contributed by atoms with Crippen molar-refractivity contribution in [1.82, 2.24) is 9.55 Å². The van der Waals surface area contributed by atoms with Crippen LogP contribution >= 0.6 is 0 Å². The lowest BCUT2D eigenvalue weighted by atomic mass is 9.91. The summed E-state index contributed by atoms with van der Waals surface area (Å²) < 4.78 is 8.51. The first kappa shape index (κ1) is 28.0. The van der Waals surface area contributed by atoms with Crippen LogP contribution in [-0.4, -0.2) is 9.55 Å². The van der Waals surface area contributed by atoms with Gasteiger partial charge in [-0.3, -0.25) is 0 Å². The van der Waals surface area contributed by atoms with Crippen LogP contribution in [0.3, 0.4) is 0 Å². The van der Waals surface area contributed by atoms with E-state index in [1.165, 1.54) is 16.7 Å². The van der Waals surface area contributed by atoms with Crippen LogP contribution in [0.25, 0.3) is 77.1 Å². The molecule has 0 amide bonds. The Labute approximate surface area is 279 Å². The lowest BCUT2D eigenvalue weighted by Crippen LogP contribution is -1.97. The average Bonchev–Trinajstić information content (AvgIpc) is 3.37. The van der Waals surface area contributed by atoms with Crippen molar-refractivity contribution >= 4 is 27.5 Å². The molecule has 6 aromatic carbocycles. The molecule has 4 heteroatoms. The highest BCUT2D eigenvalue weighted by Crippen LogP contribution is 2.40. The van der Waals surface area contributed by atoms with E-state index in [0.717, 1.165) is 66.7 Å². The van der Waals surface area contributed by atoms with Crippen molar-refractivity contribution in [1.29, 1.82) is 0 Å². The van der Waals surface area contributed by atoms with Gasteiger partial charge >= 0.3 is 0 Å². The van der Waals surface area contributed by atoms with Crippen molar-refractivity contribution in [2.24, 2.45) is 0 Å². The highest BCUT2D eigenvalue weighted by molar-refractivity contribution is 6.10. The van der Waals surface area contributed by atoms with E-state index in [-0.39, 0.29) is 0 Å². The average molecular weight is 616 g/mol. The molecule has 4 nitrogen and oxygen atoms in total. The third kappa shape index (κ3) is 4.77. The summed E-state index contributed by atoms with van der Waals surface area (Å²) in [5.74, 6) is 0. The van der Waals surface area contributed by atoms with Crippen LogP contribution in [0.4, 0.5) is 5.69 Å². The van der Waals surface area contributed by atoms with E-state index in [4.69, 9.17) is 16.3 Å². The highest BCUT2D eigenvalue weighted by Gasteiger charge is 2.20. The molecular formula is C44H29N3O. The first-order valence-corrected chi connectivity index (χ1v) is 16.1. The molecule has 0 spiro atoms. The quantitative estimate of drug-likeness (QED) is 0.184. The molecule has 226 valence electrons. The highest BCUT2D eigenvalue weighted by atomic mass is 16.5. The van der Waals surface area contributed by atoms with Gasteiger partial charge in [-0.1, -0.05) is 103 Å². The Balaban J connectivity index is 1.23. The van der Waals surface area contributed by atoms with E-state index >= 15 is 0 Å². The maximum atomic E-state index is 7.59. The lowest BCUT2D eigenvalue weighted by molar-refractivity contribution is 0.110. The van der Waals surface area contributed by atoms with E-state index in [9.17, 15) is 0 Å². The normalized spacial score (nSPS) is 12.3. The zero-order valence-corrected chi connectivity index (χ0v) is 26.1. The third-order valence-corrected chi connectivity index (χ3v) is 9.35. The Morgan fingerprint density at radius 3 is 1.85 bits per heavy atom. The number of para-hydroxylation sites is 1. The summed E-state index contributed by atoms with van der Waals surface area (Å²) in [5, 5.41) is 2.22. The fourth-order valence-electron chi connectivity index (χ4n) is 7.00. The number of aromatic nitrogens is 2. The van der Waals surface area contributed by atoms with Gasteiger partial charge in [0.05, 0.1) is 42.2 Å². The summed E-state index contributed by atoms with van der Waals surface area (Å²) in [4.78, 5) is 8.80. The number of nitrogens with zero attached hydrogens (tertiary/aromatic N) is 3. The van der Waals surface area contributed by atoms with Gasteiger partial charge in [0.25, 0.3) is 0 Å². The van der Waals surface area contributed by atoms with E-state index in [0.29, 0.717) is 18.9 Å². The molecule has 9 rings (SSSR count). The van der Waals surface area contributed by atoms with E-state index < -0.39 is 0 Å². The fraction of sp³-hybridized carbons (Fsp3) is 0.0455. The molecular weight excluding hydrogens is 587 g/mol. The van der Waals surface area contributed by atoms with Gasteiger partial charge in [0, 0.05) is 22.2 Å². The topological polar surface area (TPSA) is 31.4 Å². The van der Waals surface area contributed by atoms with Crippen LogP contribution in [-0.2, 0) is 18.0 Å². The van der Waals surface area contributed by atoms with Gasteiger partial charge in [0.1, 0.15) is 0 Å². The predicted octanol–water partition coefficient (Wildman–Crippen LogP) is 11.4. The summed E-state index contributed by atoms with van der Waals surface area (Å²) in [6, 6.07) is 53.0. The summed E-state index contributed by atoms with van der Waals surface area (Å²) in [6.07, 6.45) is 0. The number of benzene rings is 6. The molecule has 0 bridgehead atoms. The van der Waals surface area contributed by atoms with Gasteiger partial charge in [-0.05, 0) is 87.3 Å². The Morgan fingerprint density at radius 2 is 1.15 bits per heavy atom. The fourth-order valence-corrected chi connectivity index (χ4v) is 7.00. The molecule has 0 radical (unpaired) electrons. The molecule has 3 heterocycles. The lowest BCUT2D eigenvalue weighted by Gasteiger charge is -2.15. The van der Waals surface area contributed by atoms with Gasteiger partial charge in [-0.2, -0.15) is 0 Å². The summed E-state index contributed by atoms with van der Waals surface area (Å²) in [6.45, 7) is 8.68. The van der Waals surface area contributed by atoms with Gasteiger partial charge in [-0.25, -0.2) is 9.83 Å². The molecule has 0 aliphatic carbocycles. The van der Waals surface area contributed by atoms with Gasteiger partial charge < -0.3 is 9.30 Å². The van der Waals surface area contributed by atoms with Gasteiger partial charge in [-0.15, -0.1) is 0 Å². The smallest absolute Gasteiger partial charge is 0.188 e. The zero-order valence-electron chi connectivity index (χ0n) is 26.1. The molecule has 0 fully saturated rings. The molecule has 0 saturated carbocycles. The van der Waals surface area contributed by atoms with Crippen molar-refractivity contribution in [3.8, 4) is 50.5 Å². The van der Waals surface area contributed by atoms with Crippen LogP contribution in [0.15, 0.2) is 152 Å². The predicted molar refractivity (Wildman–Crippen MR) is 195 cm³/mol. The van der Waals surface area contributed by atoms with Crippen molar-refractivity contribution < 1.29 is 4.74 Å². The van der Waals surface area contributed by atoms with E-state index in [2.05, 4.69) is 137 Å². The third-order valence-electron chi connectivity index (χ3n) is 9.35. The largest absolute Gasteiger partial charge is 0.372 e. The Bertz CT molecular complexity index is 2480. The minimum absolute atomic E-state index is 0.548. The second kappa shape index (κ2) is 11.5. The molecule has 48 heavy (non-hydrogen) atoms. The number of pyridine rings is 1. The van der Waals surface area contributed by atoms with Crippen molar-refractivity contribution in [3.63, 3.8) is 0 Å². The van der Waals surface area contributed by atoms with Gasteiger partial charge in [0.2, 0.25) is 0 Å². The Hall–Kier alpha value is -6.28. The summed E-state index contributed by atoms with van der Waals surface area (Å²) >= 11 is 0. The molecule has 0 atom stereocenters. The van der Waals surface area contributed by atoms with Crippen molar-refractivity contribution in [2.45, 2.75) is 13.2 Å². The minimum Gasteiger partial charge on any atom is -0.372 e. The van der Waals surface area contributed by atoms with E-state index in [1.807, 2.05) is 24.3 Å². The molecule has 2 aromatic heterocycles. The number of rotatable bonds is 4. The zero-order chi connectivity index (χ0) is 32.0. The maximum Gasteiger partial charge on any atom is 0.188 e. The number of hydrogen-bond donors (Lipinski definition) is 0. The monoisotopic (exact) mass is 615 g/mol. The van der Waals surface area contributed by atoms with Crippen molar-refractivity contribution in [3.05, 3.63) is 174 Å². The molecule has 8 aromatic rings. The van der Waals surface area contributed by atoms with E-state index in [1.54, 1.807) is 0 Å². The number of fused-ring (bicyclic) bond motifs is 6. The van der Waals surface area contributed by atoms with Crippen LogP contribution < -0.4 is 0 Å². The van der Waals surface area contributed by atoms with Crippen LogP contribution in [0.1, 0.15) is 11.1 Å². The minimum atomic E-state index is 0.548. The molecule has 1 aliphatic rings. The molecule has 1 aliphatic heterocycles. The van der Waals surface area contributed by atoms with Gasteiger partial charge in [0.15, 0.2) is 5.69 Å². The van der Waals surface area contributed by atoms with Crippen LogP contribution in [0.2, 0.25) is 0 Å². The number of hydrogen-bond acceptors (Lipinski definition) is 2. The second-order valence-electron chi connectivity index (χ2n) is 12.2. The van der Waals surface area contributed by atoms with Crippen LogP contribution in [0.5, 0.6) is 0 Å². The molecule has 0 N–H and O–H groups in total. The molecule has 0 unspecified atom stereocenters. The maximum absolute atomic E-state index is 7.59. The number of ether oxygens (including phenoxy) is 1. The van der Waals surface area contributed by atoms with Crippen molar-refractivity contribution in [2.75, 3.05) is 0 Å². The molecule has 0 saturated heterocycles. The first-order chi connectivity index (χ1) is 23.7. The Morgan fingerprint density at radius 1 is 0.521 bits per heavy atom. The SMILES string of the molecule is [C-]#[N+]c1ccc2c(c1)c1ccccc1n2-c1ccc2c(c1)-c1cc(-c3cc(-c4ccccc4)nc(-c4ccccc4)c3)ccc1COC2. The second-order valence-corrected chi connectivity index (χ2v) is 12.2. The van der Waals surface area contributed by atoms with Crippen LogP contribution in [0, 0.1) is 6.57 Å². The summed E-state index contributed by atoms with van der Waals surface area (Å²) in [5.41, 5.74) is 14.9. The standard InChI is InChI=1S/C44H29N3O/c1-45-35-19-21-44-40(25-35)37-14-8-9-15-43(37)47(44)36-20-18-33-28-48-27-32-17-16-31(22-38(32)39(33)26-36)34-23-41(29-10-4-2-5-11-29)46-42(24-34)30-12-6-3-7-13-30/h2-26H,27-28H2. The summed E-state index contributed by atoms with van der Waals surface area (Å²) in [7, 11) is 0. The first-order valence-electron chi connectivity index (χ1n) is 16.1.